The third-order valence-electron chi connectivity index (χ3n) is 4.31. The summed E-state index contributed by atoms with van der Waals surface area (Å²) < 4.78 is 27.2. The van der Waals surface area contributed by atoms with Crippen molar-refractivity contribution in [2.24, 2.45) is 11.8 Å². The summed E-state index contributed by atoms with van der Waals surface area (Å²) in [6.07, 6.45) is 0.711. The zero-order chi connectivity index (χ0) is 17.0. The molecule has 6 nitrogen and oxygen atoms in total. The van der Waals surface area contributed by atoms with Crippen LogP contribution in [0.15, 0.2) is 29.2 Å². The van der Waals surface area contributed by atoms with Crippen molar-refractivity contribution >= 4 is 34.0 Å². The number of hydrogen-bond acceptors (Lipinski definition) is 4. The second kappa shape index (κ2) is 8.80. The second-order valence-corrected chi connectivity index (χ2v) is 7.87. The highest BCUT2D eigenvalue weighted by molar-refractivity contribution is 7.89. The molecule has 2 unspecified atom stereocenters. The molecule has 1 aromatic rings. The van der Waals surface area contributed by atoms with Crippen LogP contribution in [0.4, 0.5) is 5.69 Å². The fourth-order valence-corrected chi connectivity index (χ4v) is 3.66. The van der Waals surface area contributed by atoms with Gasteiger partial charge >= 0.3 is 0 Å². The molecule has 0 aliphatic carbocycles. The first-order valence-electron chi connectivity index (χ1n) is 7.97. The molecule has 1 heterocycles. The van der Waals surface area contributed by atoms with E-state index in [1.807, 2.05) is 20.8 Å². The molecule has 8 heteroatoms. The van der Waals surface area contributed by atoms with Crippen LogP contribution in [0.3, 0.4) is 0 Å². The number of nitrogens with one attached hydrogen (secondary N) is 3. The number of hydrogen-bond donors (Lipinski definition) is 3. The van der Waals surface area contributed by atoms with E-state index < -0.39 is 10.0 Å². The number of anilines is 1. The Hall–Kier alpha value is -1.15. The van der Waals surface area contributed by atoms with Gasteiger partial charge in [-0.25, -0.2) is 13.1 Å². The minimum atomic E-state index is -3.57. The molecule has 0 saturated carbocycles. The van der Waals surface area contributed by atoms with E-state index in [-0.39, 0.29) is 35.2 Å². The molecule has 2 atom stereocenters. The van der Waals surface area contributed by atoms with Crippen LogP contribution in [-0.2, 0) is 14.8 Å². The first kappa shape index (κ1) is 20.9. The molecule has 0 radical (unpaired) electrons. The normalized spacial score (nSPS) is 17.3. The average molecular weight is 376 g/mol. The van der Waals surface area contributed by atoms with Crippen LogP contribution in [0.25, 0.3) is 0 Å². The Morgan fingerprint density at radius 3 is 2.54 bits per heavy atom. The van der Waals surface area contributed by atoms with Gasteiger partial charge in [0.05, 0.1) is 4.90 Å². The van der Waals surface area contributed by atoms with Gasteiger partial charge < -0.3 is 10.6 Å². The summed E-state index contributed by atoms with van der Waals surface area (Å²) in [5.41, 5.74) is 0.501. The van der Waals surface area contributed by atoms with Crippen LogP contribution in [0.5, 0.6) is 0 Å². The maximum atomic E-state index is 12.3. The van der Waals surface area contributed by atoms with E-state index in [0.29, 0.717) is 18.0 Å². The first-order valence-corrected chi connectivity index (χ1v) is 9.45. The Bertz CT molecular complexity index is 662. The summed E-state index contributed by atoms with van der Waals surface area (Å²) in [5.74, 6) is 0.157. The molecular weight excluding hydrogens is 350 g/mol. The van der Waals surface area contributed by atoms with Crippen LogP contribution in [0, 0.1) is 11.8 Å². The highest BCUT2D eigenvalue weighted by atomic mass is 35.5. The lowest BCUT2D eigenvalue weighted by atomic mass is 9.88. The van der Waals surface area contributed by atoms with E-state index in [2.05, 4.69) is 15.4 Å². The molecule has 1 amide bonds. The Labute approximate surface area is 150 Å². The predicted molar refractivity (Wildman–Crippen MR) is 97.9 cm³/mol. The molecule has 0 bridgehead atoms. The van der Waals surface area contributed by atoms with Crippen molar-refractivity contribution in [3.8, 4) is 0 Å². The summed E-state index contributed by atoms with van der Waals surface area (Å²) in [6, 6.07) is 6.22. The van der Waals surface area contributed by atoms with Crippen molar-refractivity contribution in [1.82, 2.24) is 10.0 Å². The van der Waals surface area contributed by atoms with E-state index in [9.17, 15) is 13.2 Å². The van der Waals surface area contributed by atoms with Crippen LogP contribution < -0.4 is 15.4 Å². The molecule has 1 fully saturated rings. The maximum absolute atomic E-state index is 12.3. The third-order valence-corrected chi connectivity index (χ3v) is 5.90. The molecule has 24 heavy (non-hydrogen) atoms. The van der Waals surface area contributed by atoms with Crippen molar-refractivity contribution in [1.29, 1.82) is 0 Å². The first-order chi connectivity index (χ1) is 10.8. The van der Waals surface area contributed by atoms with Crippen molar-refractivity contribution in [2.45, 2.75) is 38.1 Å². The fourth-order valence-electron chi connectivity index (χ4n) is 2.29. The van der Waals surface area contributed by atoms with Gasteiger partial charge in [-0.15, -0.1) is 12.4 Å². The molecule has 1 aliphatic heterocycles. The third kappa shape index (κ3) is 5.17. The molecule has 1 aliphatic rings. The van der Waals surface area contributed by atoms with Gasteiger partial charge in [-0.2, -0.15) is 0 Å². The number of halogens is 1. The van der Waals surface area contributed by atoms with Gasteiger partial charge in [-0.05, 0) is 50.6 Å². The maximum Gasteiger partial charge on any atom is 0.240 e. The van der Waals surface area contributed by atoms with Crippen LogP contribution >= 0.6 is 12.4 Å². The Morgan fingerprint density at radius 2 is 2.00 bits per heavy atom. The summed E-state index contributed by atoms with van der Waals surface area (Å²) in [6.45, 7) is 7.33. The SMILES string of the molecule is CCC(C)NS(=O)(=O)c1cccc(NC(=O)C(C)C2CNC2)c1.Cl. The molecule has 3 N–H and O–H groups in total. The van der Waals surface area contributed by atoms with Crippen molar-refractivity contribution in [3.05, 3.63) is 24.3 Å². The van der Waals surface area contributed by atoms with E-state index in [0.717, 1.165) is 13.1 Å². The van der Waals surface area contributed by atoms with Gasteiger partial charge in [0.2, 0.25) is 15.9 Å². The lowest BCUT2D eigenvalue weighted by Crippen LogP contribution is -2.48. The molecule has 136 valence electrons. The number of rotatable bonds is 7. The Kier molecular flexibility index (Phi) is 7.66. The smallest absolute Gasteiger partial charge is 0.240 e. The van der Waals surface area contributed by atoms with Crippen LogP contribution in [0.1, 0.15) is 27.2 Å². The molecule has 2 rings (SSSR count). The molecule has 1 aromatic carbocycles. The van der Waals surface area contributed by atoms with E-state index >= 15 is 0 Å². The average Bonchev–Trinajstić information content (AvgIpc) is 2.45. The quantitative estimate of drug-likeness (QED) is 0.680. The van der Waals surface area contributed by atoms with Gasteiger partial charge in [-0.1, -0.05) is 19.9 Å². The van der Waals surface area contributed by atoms with Crippen LogP contribution in [0.2, 0.25) is 0 Å². The topological polar surface area (TPSA) is 87.3 Å². The fraction of sp³-hybridized carbons (Fsp3) is 0.562. The Morgan fingerprint density at radius 1 is 1.33 bits per heavy atom. The number of carbonyl (C=O) groups excluding carboxylic acids is 1. The van der Waals surface area contributed by atoms with E-state index in [1.54, 1.807) is 12.1 Å². The van der Waals surface area contributed by atoms with Crippen molar-refractivity contribution in [2.75, 3.05) is 18.4 Å². The van der Waals surface area contributed by atoms with Crippen LogP contribution in [-0.4, -0.2) is 33.5 Å². The summed E-state index contributed by atoms with van der Waals surface area (Å²) >= 11 is 0. The van der Waals surface area contributed by atoms with Crippen molar-refractivity contribution in [3.63, 3.8) is 0 Å². The van der Waals surface area contributed by atoms with Gasteiger partial charge in [0.15, 0.2) is 0 Å². The largest absolute Gasteiger partial charge is 0.326 e. The molecule has 0 aromatic heterocycles. The van der Waals surface area contributed by atoms with E-state index in [1.165, 1.54) is 12.1 Å². The second-order valence-electron chi connectivity index (χ2n) is 6.15. The standard InChI is InChI=1S/C16H25N3O3S.ClH/c1-4-11(2)19-23(21,22)15-7-5-6-14(8-15)18-16(20)12(3)13-9-17-10-13;/h5-8,11-13,17,19H,4,9-10H2,1-3H3,(H,18,20);1H. The summed E-state index contributed by atoms with van der Waals surface area (Å²) in [5, 5.41) is 5.96. The summed E-state index contributed by atoms with van der Waals surface area (Å²) in [4.78, 5) is 12.4. The monoisotopic (exact) mass is 375 g/mol. The molecular formula is C16H26ClN3O3S. The van der Waals surface area contributed by atoms with Gasteiger partial charge in [0.25, 0.3) is 0 Å². The number of amides is 1. The van der Waals surface area contributed by atoms with Gasteiger partial charge in [0, 0.05) is 17.6 Å². The lowest BCUT2D eigenvalue weighted by molar-refractivity contribution is -0.121. The minimum absolute atomic E-state index is 0. The zero-order valence-electron chi connectivity index (χ0n) is 14.2. The molecule has 1 saturated heterocycles. The number of benzene rings is 1. The lowest BCUT2D eigenvalue weighted by Gasteiger charge is -2.31. The van der Waals surface area contributed by atoms with E-state index in [4.69, 9.17) is 0 Å². The molecule has 0 spiro atoms. The van der Waals surface area contributed by atoms with Gasteiger partial charge in [0.1, 0.15) is 0 Å². The highest BCUT2D eigenvalue weighted by Crippen LogP contribution is 2.20. The van der Waals surface area contributed by atoms with Crippen molar-refractivity contribution < 1.29 is 13.2 Å². The summed E-state index contributed by atoms with van der Waals surface area (Å²) in [7, 11) is -3.57. The zero-order valence-corrected chi connectivity index (χ0v) is 15.8. The minimum Gasteiger partial charge on any atom is -0.326 e. The highest BCUT2D eigenvalue weighted by Gasteiger charge is 2.28. The number of carbonyl (C=O) groups is 1. The Balaban J connectivity index is 0.00000288. The predicted octanol–water partition coefficient (Wildman–Crippen LogP) is 1.98. The number of sulfonamides is 1. The van der Waals surface area contributed by atoms with Gasteiger partial charge in [-0.3, -0.25) is 4.79 Å².